The second-order valence-corrected chi connectivity index (χ2v) is 11.5. The first-order valence-corrected chi connectivity index (χ1v) is 15.0. The minimum Gasteiger partial charge on any atom is -0.352 e. The molecule has 39 heavy (non-hydrogen) atoms. The van der Waals surface area contributed by atoms with Crippen LogP contribution in [-0.2, 0) is 6.54 Å². The van der Waals surface area contributed by atoms with E-state index in [4.69, 9.17) is 0 Å². The summed E-state index contributed by atoms with van der Waals surface area (Å²) in [5, 5.41) is 10.0. The van der Waals surface area contributed by atoms with Gasteiger partial charge in [-0.2, -0.15) is 11.3 Å². The summed E-state index contributed by atoms with van der Waals surface area (Å²) in [5.74, 6) is -0.189. The molecule has 4 amide bonds. The van der Waals surface area contributed by atoms with Gasteiger partial charge < -0.3 is 25.3 Å². The molecule has 212 valence electrons. The van der Waals surface area contributed by atoms with Crippen LogP contribution in [0.5, 0.6) is 0 Å². The van der Waals surface area contributed by atoms with Crippen LogP contribution >= 0.6 is 11.3 Å². The fourth-order valence-electron chi connectivity index (χ4n) is 5.76. The molecule has 2 aliphatic rings. The number of piperidine rings is 1. The van der Waals surface area contributed by atoms with Crippen molar-refractivity contribution in [2.45, 2.75) is 71.5 Å². The summed E-state index contributed by atoms with van der Waals surface area (Å²) in [6.07, 6.45) is 4.76. The zero-order valence-electron chi connectivity index (χ0n) is 23.7. The Kier molecular flexibility index (Phi) is 9.96. The van der Waals surface area contributed by atoms with Crippen LogP contribution in [0.4, 0.5) is 4.79 Å². The number of thiophene rings is 1. The Balaban J connectivity index is 1.25. The number of urea groups is 1. The van der Waals surface area contributed by atoms with E-state index in [1.54, 1.807) is 31.4 Å². The number of carbonyl (C=O) groups excluding carboxylic acids is 3. The summed E-state index contributed by atoms with van der Waals surface area (Å²) in [5.41, 5.74) is 3.52. The van der Waals surface area contributed by atoms with E-state index in [0.29, 0.717) is 36.1 Å². The number of amides is 4. The van der Waals surface area contributed by atoms with Gasteiger partial charge in [0.2, 0.25) is 0 Å². The molecule has 0 bridgehead atoms. The number of pyridine rings is 1. The number of hydrogen-bond donors (Lipinski definition) is 2. The van der Waals surface area contributed by atoms with E-state index in [9.17, 15) is 14.4 Å². The third-order valence-electron chi connectivity index (χ3n) is 8.06. The molecule has 0 saturated carbocycles. The third-order valence-corrected chi connectivity index (χ3v) is 8.79. The molecule has 2 fully saturated rings. The van der Waals surface area contributed by atoms with Crippen LogP contribution in [0.1, 0.15) is 76.7 Å². The van der Waals surface area contributed by atoms with Gasteiger partial charge in [-0.05, 0) is 86.9 Å². The average Bonchev–Trinajstić information content (AvgIpc) is 3.65. The van der Waals surface area contributed by atoms with Crippen molar-refractivity contribution in [2.24, 2.45) is 0 Å². The lowest BCUT2D eigenvalue weighted by Crippen LogP contribution is -2.51. The molecule has 0 unspecified atom stereocenters. The van der Waals surface area contributed by atoms with Crippen LogP contribution in [0.2, 0.25) is 0 Å². The monoisotopic (exact) mass is 554 g/mol. The van der Waals surface area contributed by atoms with Gasteiger partial charge in [0.25, 0.3) is 11.8 Å². The molecule has 9 nitrogen and oxygen atoms in total. The Hall–Kier alpha value is -2.98. The van der Waals surface area contributed by atoms with Gasteiger partial charge >= 0.3 is 6.03 Å². The van der Waals surface area contributed by atoms with Crippen molar-refractivity contribution in [1.29, 1.82) is 0 Å². The molecular formula is C29H42N6O3S. The molecule has 2 saturated heterocycles. The molecule has 0 aliphatic carbocycles. The lowest BCUT2D eigenvalue weighted by Gasteiger charge is -2.40. The highest BCUT2D eigenvalue weighted by Gasteiger charge is 2.29. The van der Waals surface area contributed by atoms with Gasteiger partial charge in [-0.1, -0.05) is 0 Å². The maximum atomic E-state index is 13.0. The third kappa shape index (κ3) is 7.16. The number of rotatable bonds is 9. The molecule has 4 heterocycles. The molecule has 4 rings (SSSR count). The topological polar surface area (TPSA) is 97.9 Å². The fraction of sp³-hybridized carbons (Fsp3) is 0.586. The fourth-order valence-corrected chi connectivity index (χ4v) is 6.42. The van der Waals surface area contributed by atoms with Crippen molar-refractivity contribution in [3.05, 3.63) is 51.0 Å². The van der Waals surface area contributed by atoms with Gasteiger partial charge in [0.1, 0.15) is 5.69 Å². The predicted octanol–water partition coefficient (Wildman–Crippen LogP) is 3.81. The van der Waals surface area contributed by atoms with Gasteiger partial charge in [-0.25, -0.2) is 9.78 Å². The van der Waals surface area contributed by atoms with E-state index >= 15 is 0 Å². The molecule has 0 spiro atoms. The summed E-state index contributed by atoms with van der Waals surface area (Å²) in [6, 6.07) is 4.33. The molecule has 0 radical (unpaired) electrons. The summed E-state index contributed by atoms with van der Waals surface area (Å²) in [4.78, 5) is 49.1. The second-order valence-electron chi connectivity index (χ2n) is 10.8. The Morgan fingerprint density at radius 3 is 2.49 bits per heavy atom. The van der Waals surface area contributed by atoms with E-state index in [1.165, 1.54) is 5.56 Å². The van der Waals surface area contributed by atoms with Crippen molar-refractivity contribution in [1.82, 2.24) is 30.3 Å². The van der Waals surface area contributed by atoms with Gasteiger partial charge in [-0.15, -0.1) is 0 Å². The van der Waals surface area contributed by atoms with E-state index in [-0.39, 0.29) is 23.9 Å². The number of aromatic nitrogens is 1. The van der Waals surface area contributed by atoms with Crippen LogP contribution in [0.3, 0.4) is 0 Å². The van der Waals surface area contributed by atoms with Gasteiger partial charge in [0.15, 0.2) is 0 Å². The standard InChI is InChI=1S/C29H42N6O3S/c1-20-17-25(28(37)34-12-5-6-13-34)32-22(3)26(20)27(36)31-11-7-21(2)33-14-8-24(9-15-33)35(29(38)30-4)18-23-10-16-39-19-23/h10,16-17,19,21,24H,5-9,11-15,18H2,1-4H3,(H,30,38)(H,31,36)/t21-/m1/s1. The largest absolute Gasteiger partial charge is 0.352 e. The summed E-state index contributed by atoms with van der Waals surface area (Å²) in [6.45, 7) is 10.5. The van der Waals surface area contributed by atoms with E-state index in [2.05, 4.69) is 38.9 Å². The number of nitrogens with one attached hydrogen (secondary N) is 2. The normalized spacial score (nSPS) is 17.2. The van der Waals surface area contributed by atoms with Gasteiger partial charge in [-0.3, -0.25) is 9.59 Å². The van der Waals surface area contributed by atoms with E-state index in [0.717, 1.165) is 63.8 Å². The number of aryl methyl sites for hydroxylation is 2. The molecule has 0 aromatic carbocycles. The van der Waals surface area contributed by atoms with E-state index in [1.807, 2.05) is 22.1 Å². The molecule has 1 atom stereocenters. The Labute approximate surface area is 235 Å². The minimum atomic E-state index is -0.141. The zero-order valence-corrected chi connectivity index (χ0v) is 24.5. The average molecular weight is 555 g/mol. The van der Waals surface area contributed by atoms with E-state index < -0.39 is 0 Å². The van der Waals surface area contributed by atoms with Crippen molar-refractivity contribution < 1.29 is 14.4 Å². The maximum Gasteiger partial charge on any atom is 0.317 e. The first-order chi connectivity index (χ1) is 18.8. The molecule has 2 aliphatic heterocycles. The molecule has 10 heteroatoms. The maximum absolute atomic E-state index is 13.0. The lowest BCUT2D eigenvalue weighted by molar-refractivity contribution is 0.0785. The van der Waals surface area contributed by atoms with Crippen LogP contribution in [-0.4, -0.2) is 89.4 Å². The quantitative estimate of drug-likeness (QED) is 0.491. The number of likely N-dealkylation sites (tertiary alicyclic amines) is 2. The molecule has 2 N–H and O–H groups in total. The summed E-state index contributed by atoms with van der Waals surface area (Å²) >= 11 is 1.65. The van der Waals surface area contributed by atoms with Crippen molar-refractivity contribution in [2.75, 3.05) is 39.8 Å². The SMILES string of the molecule is CNC(=O)N(Cc1ccsc1)C1CCN([C@H](C)CCNC(=O)c2c(C)cc(C(=O)N3CCCC3)nc2C)CC1. The van der Waals surface area contributed by atoms with Gasteiger partial charge in [0.05, 0.1) is 11.3 Å². The molecule has 2 aromatic heterocycles. The van der Waals surface area contributed by atoms with Gasteiger partial charge in [0, 0.05) is 58.4 Å². The van der Waals surface area contributed by atoms with Crippen molar-refractivity contribution in [3.63, 3.8) is 0 Å². The molecular weight excluding hydrogens is 512 g/mol. The summed E-state index contributed by atoms with van der Waals surface area (Å²) in [7, 11) is 1.69. The summed E-state index contributed by atoms with van der Waals surface area (Å²) < 4.78 is 0. The number of hydrogen-bond acceptors (Lipinski definition) is 6. The lowest BCUT2D eigenvalue weighted by atomic mass is 10.0. The first-order valence-electron chi connectivity index (χ1n) is 14.1. The number of nitrogens with zero attached hydrogens (tertiary/aromatic N) is 4. The van der Waals surface area contributed by atoms with Crippen LogP contribution < -0.4 is 10.6 Å². The van der Waals surface area contributed by atoms with Crippen LogP contribution in [0.25, 0.3) is 0 Å². The first kappa shape index (κ1) is 29.0. The second kappa shape index (κ2) is 13.4. The van der Waals surface area contributed by atoms with Crippen molar-refractivity contribution in [3.8, 4) is 0 Å². The minimum absolute atomic E-state index is 0.0241. The highest BCUT2D eigenvalue weighted by Crippen LogP contribution is 2.22. The van der Waals surface area contributed by atoms with Crippen LogP contribution in [0.15, 0.2) is 22.9 Å². The van der Waals surface area contributed by atoms with Crippen LogP contribution in [0, 0.1) is 13.8 Å². The highest BCUT2D eigenvalue weighted by atomic mass is 32.1. The Bertz CT molecular complexity index is 1120. The van der Waals surface area contributed by atoms with Crippen molar-refractivity contribution >= 4 is 29.2 Å². The highest BCUT2D eigenvalue weighted by molar-refractivity contribution is 7.07. The number of carbonyl (C=O) groups is 3. The predicted molar refractivity (Wildman–Crippen MR) is 154 cm³/mol. The Morgan fingerprint density at radius 2 is 1.87 bits per heavy atom. The smallest absolute Gasteiger partial charge is 0.317 e. The molecule has 2 aromatic rings. The Morgan fingerprint density at radius 1 is 1.15 bits per heavy atom. The zero-order chi connectivity index (χ0) is 27.9.